The van der Waals surface area contributed by atoms with Gasteiger partial charge in [-0.1, -0.05) is 0 Å². The molecule has 0 N–H and O–H groups in total. The molecule has 2 aliphatic rings. The molecule has 0 aliphatic carbocycles. The second-order valence-corrected chi connectivity index (χ2v) is 1.84. The Bertz CT molecular complexity index is 153. The van der Waals surface area contributed by atoms with Crippen molar-refractivity contribution in [2.24, 2.45) is 5.16 Å². The summed E-state index contributed by atoms with van der Waals surface area (Å²) in [5.74, 6) is 0.595. The number of amidine groups is 1. The maximum Gasteiger partial charge on any atom is 0.205 e. The quantitative estimate of drug-likeness (QED) is 0.429. The van der Waals surface area contributed by atoms with Crippen LogP contribution in [-0.4, -0.2) is 30.7 Å². The van der Waals surface area contributed by atoms with E-state index in [1.165, 1.54) is 5.06 Å². The lowest BCUT2D eigenvalue weighted by atomic mass is 10.5. The van der Waals surface area contributed by atoms with Crippen molar-refractivity contribution in [3.63, 3.8) is 0 Å². The maximum absolute atomic E-state index is 4.68. The van der Waals surface area contributed by atoms with E-state index in [0.717, 1.165) is 0 Å². The monoisotopic (exact) mass is 146 g/mol. The van der Waals surface area contributed by atoms with Crippen LogP contribution in [0.4, 0.5) is 0 Å². The Morgan fingerprint density at radius 2 is 2.40 bits per heavy atom. The second-order valence-electron chi connectivity index (χ2n) is 1.84. The first-order valence-corrected chi connectivity index (χ1v) is 2.89. The van der Waals surface area contributed by atoms with Crippen LogP contribution in [0.15, 0.2) is 5.16 Å². The molecule has 0 aromatic carbocycles. The molecule has 10 heavy (non-hydrogen) atoms. The fourth-order valence-corrected chi connectivity index (χ4v) is 0.723. The molecule has 6 nitrogen and oxygen atoms in total. The zero-order valence-corrected chi connectivity index (χ0v) is 5.15. The van der Waals surface area contributed by atoms with Crippen molar-refractivity contribution in [1.82, 2.24) is 5.06 Å². The fraction of sp³-hybridized carbons (Fsp3) is 0.750. The van der Waals surface area contributed by atoms with Crippen molar-refractivity contribution in [3.05, 3.63) is 0 Å². The summed E-state index contributed by atoms with van der Waals surface area (Å²) in [4.78, 5) is 18.1. The van der Waals surface area contributed by atoms with Crippen LogP contribution >= 0.6 is 0 Å². The molecule has 2 aliphatic heterocycles. The van der Waals surface area contributed by atoms with Gasteiger partial charge in [-0.15, -0.1) is 4.99 Å². The van der Waals surface area contributed by atoms with Gasteiger partial charge < -0.3 is 0 Å². The molecule has 1 fully saturated rings. The summed E-state index contributed by atoms with van der Waals surface area (Å²) in [5.41, 5.74) is 0. The van der Waals surface area contributed by atoms with Crippen LogP contribution in [0.2, 0.25) is 0 Å². The van der Waals surface area contributed by atoms with Gasteiger partial charge in [0.2, 0.25) is 5.84 Å². The van der Waals surface area contributed by atoms with Crippen molar-refractivity contribution in [1.29, 1.82) is 0 Å². The molecular formula is C4H6N2O4. The highest BCUT2D eigenvalue weighted by molar-refractivity contribution is 5.82. The molecule has 56 valence electrons. The van der Waals surface area contributed by atoms with Gasteiger partial charge in [0.25, 0.3) is 0 Å². The van der Waals surface area contributed by atoms with E-state index in [2.05, 4.69) is 24.9 Å². The van der Waals surface area contributed by atoms with E-state index in [0.29, 0.717) is 25.6 Å². The molecule has 2 heterocycles. The summed E-state index contributed by atoms with van der Waals surface area (Å²) in [6.07, 6.45) is 0. The van der Waals surface area contributed by atoms with Gasteiger partial charge in [0, 0.05) is 0 Å². The Morgan fingerprint density at radius 3 is 3.00 bits per heavy atom. The lowest BCUT2D eigenvalue weighted by molar-refractivity contribution is -0.345. The van der Waals surface area contributed by atoms with Gasteiger partial charge in [-0.05, 0) is 5.16 Å². The molecule has 6 heteroatoms. The molecule has 2 rings (SSSR count). The number of hydroxylamine groups is 2. The third-order valence-corrected chi connectivity index (χ3v) is 1.19. The van der Waals surface area contributed by atoms with Gasteiger partial charge >= 0.3 is 0 Å². The maximum atomic E-state index is 4.68. The van der Waals surface area contributed by atoms with E-state index >= 15 is 0 Å². The molecular weight excluding hydrogens is 140 g/mol. The Labute approximate surface area is 56.7 Å². The van der Waals surface area contributed by atoms with Gasteiger partial charge in [-0.25, -0.2) is 9.88 Å². The largest absolute Gasteiger partial charge is 0.218 e. The van der Waals surface area contributed by atoms with Gasteiger partial charge in [0.05, 0.1) is 6.54 Å². The average molecular weight is 146 g/mol. The van der Waals surface area contributed by atoms with E-state index in [1.807, 2.05) is 0 Å². The molecule has 0 bridgehead atoms. The minimum atomic E-state index is 0.309. The van der Waals surface area contributed by atoms with E-state index in [4.69, 9.17) is 0 Å². The van der Waals surface area contributed by atoms with Crippen LogP contribution in [0.3, 0.4) is 0 Å². The summed E-state index contributed by atoms with van der Waals surface area (Å²) < 4.78 is 0. The lowest BCUT2D eigenvalue weighted by Gasteiger charge is -2.07. The van der Waals surface area contributed by atoms with E-state index < -0.39 is 0 Å². The van der Waals surface area contributed by atoms with Crippen LogP contribution in [0.5, 0.6) is 0 Å². The Hall–Kier alpha value is -0.850. The smallest absolute Gasteiger partial charge is 0.205 e. The highest BCUT2D eigenvalue weighted by atomic mass is 17.3. The predicted molar refractivity (Wildman–Crippen MR) is 28.2 cm³/mol. The van der Waals surface area contributed by atoms with Crippen molar-refractivity contribution < 1.29 is 19.8 Å². The molecule has 0 radical (unpaired) electrons. The molecule has 0 amide bonds. The molecule has 0 unspecified atom stereocenters. The lowest BCUT2D eigenvalue weighted by Crippen LogP contribution is -2.27. The Balaban J connectivity index is 1.97. The average Bonchev–Trinajstić information content (AvgIpc) is 2.59. The minimum absolute atomic E-state index is 0.309. The van der Waals surface area contributed by atoms with Crippen molar-refractivity contribution >= 4 is 5.84 Å². The summed E-state index contributed by atoms with van der Waals surface area (Å²) in [5, 5.41) is 5.01. The summed E-state index contributed by atoms with van der Waals surface area (Å²) in [6.45, 7) is 1.51. The first kappa shape index (κ1) is 5.90. The first-order valence-electron chi connectivity index (χ1n) is 2.89. The summed E-state index contributed by atoms with van der Waals surface area (Å²) >= 11 is 0. The minimum Gasteiger partial charge on any atom is -0.218 e. The van der Waals surface area contributed by atoms with Crippen LogP contribution < -0.4 is 0 Å². The SMILES string of the molecule is C1CN(C2=NOOC2)OO1. The van der Waals surface area contributed by atoms with E-state index in [1.54, 1.807) is 0 Å². The normalized spacial score (nSPS) is 24.8. The van der Waals surface area contributed by atoms with Crippen molar-refractivity contribution in [3.8, 4) is 0 Å². The molecule has 0 saturated carbocycles. The van der Waals surface area contributed by atoms with Crippen LogP contribution in [0, 0.1) is 0 Å². The standard InChI is InChI=1S/C4H6N2O4/c1-2-7-10-6(1)4-3-8-9-5-4/h1-3H2. The van der Waals surface area contributed by atoms with Gasteiger partial charge in [-0.3, -0.25) is 0 Å². The third-order valence-electron chi connectivity index (χ3n) is 1.19. The highest BCUT2D eigenvalue weighted by Gasteiger charge is 2.23. The fourth-order valence-electron chi connectivity index (χ4n) is 0.723. The third kappa shape index (κ3) is 0.919. The Morgan fingerprint density at radius 1 is 1.40 bits per heavy atom. The number of hydrogen-bond acceptors (Lipinski definition) is 6. The van der Waals surface area contributed by atoms with Crippen LogP contribution in [0.1, 0.15) is 0 Å². The highest BCUT2D eigenvalue weighted by Crippen LogP contribution is 2.07. The predicted octanol–water partition coefficient (Wildman–Crippen LogP) is -0.560. The summed E-state index contributed by atoms with van der Waals surface area (Å²) in [7, 11) is 0. The molecule has 0 atom stereocenters. The first-order chi connectivity index (χ1) is 4.97. The van der Waals surface area contributed by atoms with E-state index in [-0.39, 0.29) is 0 Å². The van der Waals surface area contributed by atoms with Crippen molar-refractivity contribution in [2.45, 2.75) is 0 Å². The van der Waals surface area contributed by atoms with Crippen LogP contribution in [0.25, 0.3) is 0 Å². The number of rotatable bonds is 0. The van der Waals surface area contributed by atoms with Crippen molar-refractivity contribution in [2.75, 3.05) is 19.8 Å². The molecule has 0 aromatic heterocycles. The second kappa shape index (κ2) is 2.41. The topological polar surface area (TPSA) is 52.5 Å². The number of oxime groups is 1. The molecule has 0 spiro atoms. The van der Waals surface area contributed by atoms with Gasteiger partial charge in [-0.2, -0.15) is 9.95 Å². The van der Waals surface area contributed by atoms with E-state index in [9.17, 15) is 0 Å². The van der Waals surface area contributed by atoms with Crippen LogP contribution in [-0.2, 0) is 19.8 Å². The van der Waals surface area contributed by atoms with Gasteiger partial charge in [0.1, 0.15) is 6.61 Å². The number of nitrogens with zero attached hydrogens (tertiary/aromatic N) is 2. The molecule has 1 saturated heterocycles. The summed E-state index contributed by atoms with van der Waals surface area (Å²) in [6, 6.07) is 0. The molecule has 0 aromatic rings. The zero-order chi connectivity index (χ0) is 6.81. The zero-order valence-electron chi connectivity index (χ0n) is 5.15. The van der Waals surface area contributed by atoms with Gasteiger partial charge in [0.15, 0.2) is 6.61 Å². The number of hydrogen-bond donors (Lipinski definition) is 0. The Kier molecular flexibility index (Phi) is 1.42.